The first-order valence-electron chi connectivity index (χ1n) is 10.3. The van der Waals surface area contributed by atoms with Crippen LogP contribution in [0.25, 0.3) is 0 Å². The summed E-state index contributed by atoms with van der Waals surface area (Å²) < 4.78 is 38.9. The molecule has 0 atom stereocenters. The van der Waals surface area contributed by atoms with Gasteiger partial charge in [-0.2, -0.15) is 0 Å². The summed E-state index contributed by atoms with van der Waals surface area (Å²) in [5.41, 5.74) is 3.66. The van der Waals surface area contributed by atoms with Crippen molar-refractivity contribution in [1.29, 1.82) is 0 Å². The Kier molecular flexibility index (Phi) is 7.28. The molecule has 0 aliphatic carbocycles. The molecule has 0 saturated carbocycles. The highest BCUT2D eigenvalue weighted by molar-refractivity contribution is 7.92. The second-order valence-corrected chi connectivity index (χ2v) is 9.54. The number of carbonyl (C=O) groups excluding carboxylic acids is 1. The molecular weight excluding hydrogens is 440 g/mol. The molecule has 174 valence electrons. The lowest BCUT2D eigenvalue weighted by molar-refractivity contribution is -0.114. The molecule has 0 fully saturated rings. The van der Waals surface area contributed by atoms with Crippen LogP contribution in [0.15, 0.2) is 65.6 Å². The molecule has 0 unspecified atom stereocenters. The first-order chi connectivity index (χ1) is 15.7. The Balaban J connectivity index is 2.03. The Morgan fingerprint density at radius 3 is 2.06 bits per heavy atom. The number of ether oxygens (including phenoxy) is 2. The second kappa shape index (κ2) is 9.95. The topological polar surface area (TPSA) is 84.9 Å². The molecule has 7 nitrogen and oxygen atoms in total. The van der Waals surface area contributed by atoms with Gasteiger partial charge < -0.3 is 14.8 Å². The maximum Gasteiger partial charge on any atom is 0.264 e. The molecule has 3 aromatic carbocycles. The smallest absolute Gasteiger partial charge is 0.264 e. The van der Waals surface area contributed by atoms with Crippen molar-refractivity contribution < 1.29 is 22.7 Å². The van der Waals surface area contributed by atoms with E-state index in [0.29, 0.717) is 17.2 Å². The number of hydrogen-bond acceptors (Lipinski definition) is 5. The van der Waals surface area contributed by atoms with Crippen LogP contribution >= 0.6 is 0 Å². The van der Waals surface area contributed by atoms with Crippen molar-refractivity contribution in [2.45, 2.75) is 25.7 Å². The zero-order chi connectivity index (χ0) is 24.2. The summed E-state index contributed by atoms with van der Waals surface area (Å²) in [6.07, 6.45) is 0. The van der Waals surface area contributed by atoms with Gasteiger partial charge in [0.05, 0.1) is 24.8 Å². The Morgan fingerprint density at radius 1 is 0.879 bits per heavy atom. The third kappa shape index (κ3) is 5.28. The van der Waals surface area contributed by atoms with Crippen LogP contribution in [0.2, 0.25) is 0 Å². The lowest BCUT2D eigenvalue weighted by Gasteiger charge is -2.25. The first kappa shape index (κ1) is 24.1. The van der Waals surface area contributed by atoms with Gasteiger partial charge in [0.1, 0.15) is 6.54 Å². The fourth-order valence-electron chi connectivity index (χ4n) is 3.45. The molecule has 3 rings (SSSR count). The molecule has 1 N–H and O–H groups in total. The molecule has 8 heteroatoms. The third-order valence-electron chi connectivity index (χ3n) is 5.30. The van der Waals surface area contributed by atoms with Gasteiger partial charge in [0.2, 0.25) is 5.91 Å². The van der Waals surface area contributed by atoms with Gasteiger partial charge in [0, 0.05) is 11.8 Å². The van der Waals surface area contributed by atoms with Gasteiger partial charge in [-0.25, -0.2) is 8.42 Å². The summed E-state index contributed by atoms with van der Waals surface area (Å²) in [4.78, 5) is 13.1. The fraction of sp³-hybridized carbons (Fsp3) is 0.240. The number of hydrogen-bond donors (Lipinski definition) is 1. The van der Waals surface area contributed by atoms with Gasteiger partial charge in [-0.05, 0) is 56.2 Å². The number of rotatable bonds is 8. The van der Waals surface area contributed by atoms with E-state index >= 15 is 0 Å². The Hall–Kier alpha value is -3.52. The highest BCUT2D eigenvalue weighted by atomic mass is 32.2. The van der Waals surface area contributed by atoms with E-state index in [0.717, 1.165) is 21.0 Å². The number of sulfonamides is 1. The van der Waals surface area contributed by atoms with Gasteiger partial charge in [0.25, 0.3) is 10.0 Å². The van der Waals surface area contributed by atoms with Crippen molar-refractivity contribution in [3.8, 4) is 11.5 Å². The Labute approximate surface area is 195 Å². The predicted molar refractivity (Wildman–Crippen MR) is 130 cm³/mol. The van der Waals surface area contributed by atoms with Gasteiger partial charge in [0.15, 0.2) is 11.5 Å². The number of para-hydroxylation sites is 1. The third-order valence-corrected chi connectivity index (χ3v) is 7.08. The molecule has 0 aliphatic rings. The maximum absolute atomic E-state index is 13.6. The number of anilines is 2. The molecule has 0 heterocycles. The maximum atomic E-state index is 13.6. The number of aryl methyl sites for hydroxylation is 3. The number of nitrogens with zero attached hydrogens (tertiary/aromatic N) is 1. The molecule has 3 aromatic rings. The number of methoxy groups -OCH3 is 2. The second-order valence-electron chi connectivity index (χ2n) is 7.68. The van der Waals surface area contributed by atoms with Gasteiger partial charge in [-0.1, -0.05) is 35.9 Å². The van der Waals surface area contributed by atoms with Crippen LogP contribution in [0.3, 0.4) is 0 Å². The summed E-state index contributed by atoms with van der Waals surface area (Å²) in [5.74, 6) is 0.348. The molecule has 0 aromatic heterocycles. The average molecular weight is 469 g/mol. The summed E-state index contributed by atoms with van der Waals surface area (Å²) >= 11 is 0. The van der Waals surface area contributed by atoms with Gasteiger partial charge >= 0.3 is 0 Å². The summed E-state index contributed by atoms with van der Waals surface area (Å²) in [6.45, 7) is 5.23. The van der Waals surface area contributed by atoms with E-state index < -0.39 is 22.5 Å². The molecule has 0 bridgehead atoms. The average Bonchev–Trinajstić information content (AvgIpc) is 2.79. The van der Waals surface area contributed by atoms with Gasteiger partial charge in [-0.3, -0.25) is 9.10 Å². The molecule has 0 radical (unpaired) electrons. The van der Waals surface area contributed by atoms with Crippen LogP contribution in [-0.4, -0.2) is 35.1 Å². The van der Waals surface area contributed by atoms with Crippen LogP contribution in [-0.2, 0) is 14.8 Å². The van der Waals surface area contributed by atoms with E-state index in [1.165, 1.54) is 32.4 Å². The summed E-state index contributed by atoms with van der Waals surface area (Å²) in [5, 5.41) is 2.86. The summed E-state index contributed by atoms with van der Waals surface area (Å²) in [7, 11) is -1.08. The van der Waals surface area contributed by atoms with Crippen LogP contribution in [0.5, 0.6) is 11.5 Å². The Bertz CT molecular complexity index is 1230. The minimum Gasteiger partial charge on any atom is -0.493 e. The van der Waals surface area contributed by atoms with Crippen molar-refractivity contribution >= 4 is 27.3 Å². The van der Waals surface area contributed by atoms with Crippen molar-refractivity contribution in [3.05, 3.63) is 77.4 Å². The molecule has 0 saturated heterocycles. The highest BCUT2D eigenvalue weighted by Gasteiger charge is 2.28. The van der Waals surface area contributed by atoms with Crippen LogP contribution in [0.4, 0.5) is 11.4 Å². The SMILES string of the molecule is COc1ccc(N(CC(=O)Nc2c(C)cccc2C)S(=O)(=O)c2ccc(C)cc2)cc1OC. The molecular formula is C25H28N2O5S. The normalized spacial score (nSPS) is 11.1. The number of carbonyl (C=O) groups is 1. The number of nitrogens with one attached hydrogen (secondary N) is 1. The molecule has 1 amide bonds. The quantitative estimate of drug-likeness (QED) is 0.528. The van der Waals surface area contributed by atoms with Crippen molar-refractivity contribution in [2.24, 2.45) is 0 Å². The van der Waals surface area contributed by atoms with Crippen molar-refractivity contribution in [1.82, 2.24) is 0 Å². The van der Waals surface area contributed by atoms with E-state index in [-0.39, 0.29) is 10.6 Å². The molecule has 0 aliphatic heterocycles. The van der Waals surface area contributed by atoms with E-state index in [2.05, 4.69) is 5.32 Å². The van der Waals surface area contributed by atoms with E-state index in [9.17, 15) is 13.2 Å². The lowest BCUT2D eigenvalue weighted by atomic mass is 10.1. The molecule has 33 heavy (non-hydrogen) atoms. The minimum atomic E-state index is -4.05. The van der Waals surface area contributed by atoms with E-state index in [1.54, 1.807) is 24.3 Å². The van der Waals surface area contributed by atoms with E-state index in [4.69, 9.17) is 9.47 Å². The first-order valence-corrected chi connectivity index (χ1v) is 11.8. The van der Waals surface area contributed by atoms with Crippen LogP contribution < -0.4 is 19.1 Å². The minimum absolute atomic E-state index is 0.0859. The lowest BCUT2D eigenvalue weighted by Crippen LogP contribution is -2.38. The Morgan fingerprint density at radius 2 is 1.48 bits per heavy atom. The highest BCUT2D eigenvalue weighted by Crippen LogP contribution is 2.34. The fourth-order valence-corrected chi connectivity index (χ4v) is 4.87. The zero-order valence-corrected chi connectivity index (χ0v) is 20.2. The zero-order valence-electron chi connectivity index (χ0n) is 19.4. The van der Waals surface area contributed by atoms with Gasteiger partial charge in [-0.15, -0.1) is 0 Å². The molecule has 0 spiro atoms. The predicted octanol–water partition coefficient (Wildman–Crippen LogP) is 4.46. The van der Waals surface area contributed by atoms with E-state index in [1.807, 2.05) is 39.0 Å². The summed E-state index contributed by atoms with van der Waals surface area (Å²) in [6, 6.07) is 16.9. The standard InChI is InChI=1S/C25H28N2O5S/c1-17-9-12-21(13-10-17)33(29,30)27(20-11-14-22(31-4)23(15-20)32-5)16-24(28)26-25-18(2)7-6-8-19(25)3/h6-15H,16H2,1-5H3,(H,26,28). The number of benzene rings is 3. The van der Waals surface area contributed by atoms with Crippen molar-refractivity contribution in [3.63, 3.8) is 0 Å². The number of amides is 1. The monoisotopic (exact) mass is 468 g/mol. The van der Waals surface area contributed by atoms with Crippen LogP contribution in [0.1, 0.15) is 16.7 Å². The van der Waals surface area contributed by atoms with Crippen LogP contribution in [0, 0.1) is 20.8 Å². The van der Waals surface area contributed by atoms with Crippen molar-refractivity contribution in [2.75, 3.05) is 30.4 Å². The largest absolute Gasteiger partial charge is 0.493 e.